The van der Waals surface area contributed by atoms with Crippen molar-refractivity contribution in [2.24, 2.45) is 0 Å². The molecule has 1 aliphatic rings. The van der Waals surface area contributed by atoms with Gasteiger partial charge in [0.2, 0.25) is 0 Å². The maximum Gasteiger partial charge on any atom is 0.184 e. The monoisotopic (exact) mass is 249 g/mol. The van der Waals surface area contributed by atoms with Gasteiger partial charge in [0.25, 0.3) is 0 Å². The summed E-state index contributed by atoms with van der Waals surface area (Å²) in [6.45, 7) is 6.81. The Labute approximate surface area is 110 Å². The molecule has 4 nitrogen and oxygen atoms in total. The van der Waals surface area contributed by atoms with Crippen LogP contribution in [0.5, 0.6) is 0 Å². The highest BCUT2D eigenvalue weighted by molar-refractivity contribution is 5.32. The van der Waals surface area contributed by atoms with Crippen LogP contribution < -0.4 is 5.32 Å². The zero-order valence-electron chi connectivity index (χ0n) is 11.7. The van der Waals surface area contributed by atoms with Crippen molar-refractivity contribution in [3.05, 3.63) is 23.1 Å². The molecule has 100 valence electrons. The molecular weight excluding hydrogens is 226 g/mol. The van der Waals surface area contributed by atoms with Gasteiger partial charge < -0.3 is 15.3 Å². The van der Waals surface area contributed by atoms with Gasteiger partial charge in [-0.15, -0.1) is 0 Å². The molecule has 2 N–H and O–H groups in total. The average molecular weight is 249 g/mol. The van der Waals surface area contributed by atoms with Crippen LogP contribution in [0, 0.1) is 11.3 Å². The molecule has 1 rings (SSSR count). The lowest BCUT2D eigenvalue weighted by Gasteiger charge is -2.35. The average Bonchev–Trinajstić information content (AvgIpc) is 2.32. The minimum atomic E-state index is 0.156. The first kappa shape index (κ1) is 14.6. The van der Waals surface area contributed by atoms with Gasteiger partial charge in [0, 0.05) is 30.3 Å². The number of aliphatic hydroxyl groups excluding tert-OH is 1. The van der Waals surface area contributed by atoms with E-state index < -0.39 is 0 Å². The smallest absolute Gasteiger partial charge is 0.184 e. The molecular formula is C14H23N3O. The number of likely N-dealkylation sites (tertiary alicyclic amines) is 1. The van der Waals surface area contributed by atoms with E-state index in [2.05, 4.69) is 30.3 Å². The van der Waals surface area contributed by atoms with Crippen molar-refractivity contribution in [3.8, 4) is 6.07 Å². The van der Waals surface area contributed by atoms with E-state index in [4.69, 9.17) is 5.26 Å². The predicted molar refractivity (Wildman–Crippen MR) is 72.9 cm³/mol. The molecule has 0 amide bonds. The van der Waals surface area contributed by atoms with E-state index in [-0.39, 0.29) is 5.88 Å². The van der Waals surface area contributed by atoms with E-state index in [1.807, 2.05) is 6.92 Å². The number of hydrogen-bond donors (Lipinski definition) is 2. The van der Waals surface area contributed by atoms with E-state index in [1.54, 1.807) is 13.0 Å². The summed E-state index contributed by atoms with van der Waals surface area (Å²) in [5, 5.41) is 21.7. The Morgan fingerprint density at radius 2 is 2.17 bits per heavy atom. The summed E-state index contributed by atoms with van der Waals surface area (Å²) in [5.74, 6) is 0.156. The summed E-state index contributed by atoms with van der Waals surface area (Å²) in [5.41, 5.74) is 1.42. The summed E-state index contributed by atoms with van der Waals surface area (Å²) < 4.78 is 0. The molecule has 1 heterocycles. The standard InChI is InChI=1S/C14H23N3O/c1-10(11(2)9-15)7-14(18)16-13-5-6-17(4)12(3)8-13/h7,12-13,16,18H,5-6,8H2,1-4H3/b11-10+,14-7+. The van der Waals surface area contributed by atoms with Gasteiger partial charge in [-0.25, -0.2) is 0 Å². The molecule has 1 fully saturated rings. The van der Waals surface area contributed by atoms with Gasteiger partial charge in [-0.2, -0.15) is 5.26 Å². The van der Waals surface area contributed by atoms with Gasteiger partial charge in [-0.05, 0) is 46.2 Å². The van der Waals surface area contributed by atoms with Crippen molar-refractivity contribution in [1.82, 2.24) is 10.2 Å². The van der Waals surface area contributed by atoms with Crippen molar-refractivity contribution in [2.75, 3.05) is 13.6 Å². The van der Waals surface area contributed by atoms with Crippen LogP contribution in [0.25, 0.3) is 0 Å². The topological polar surface area (TPSA) is 59.3 Å². The SMILES string of the molecule is C/C(C#N)=C(C)\C=C(\O)NC1CCN(C)C(C)C1. The van der Waals surface area contributed by atoms with Crippen LogP contribution >= 0.6 is 0 Å². The van der Waals surface area contributed by atoms with Crippen LogP contribution in [-0.4, -0.2) is 35.7 Å². The van der Waals surface area contributed by atoms with Crippen LogP contribution in [0.2, 0.25) is 0 Å². The fourth-order valence-corrected chi connectivity index (χ4v) is 2.07. The number of nitrogens with one attached hydrogen (secondary N) is 1. The highest BCUT2D eigenvalue weighted by Crippen LogP contribution is 2.16. The summed E-state index contributed by atoms with van der Waals surface area (Å²) in [4.78, 5) is 2.32. The molecule has 0 aromatic heterocycles. The second kappa shape index (κ2) is 6.46. The van der Waals surface area contributed by atoms with Crippen molar-refractivity contribution < 1.29 is 5.11 Å². The minimum absolute atomic E-state index is 0.156. The molecule has 4 heteroatoms. The third kappa shape index (κ3) is 4.08. The molecule has 0 aliphatic carbocycles. The highest BCUT2D eigenvalue weighted by atomic mass is 16.3. The second-order valence-corrected chi connectivity index (χ2v) is 5.14. The zero-order chi connectivity index (χ0) is 13.7. The van der Waals surface area contributed by atoms with Crippen LogP contribution in [0.15, 0.2) is 23.1 Å². The third-order valence-corrected chi connectivity index (χ3v) is 3.67. The molecule has 0 spiro atoms. The number of nitrogens with zero attached hydrogens (tertiary/aromatic N) is 2. The van der Waals surface area contributed by atoms with Crippen LogP contribution in [0.3, 0.4) is 0 Å². The molecule has 18 heavy (non-hydrogen) atoms. The van der Waals surface area contributed by atoms with Crippen LogP contribution in [0.1, 0.15) is 33.6 Å². The van der Waals surface area contributed by atoms with Crippen molar-refractivity contribution in [3.63, 3.8) is 0 Å². The number of rotatable bonds is 3. The zero-order valence-corrected chi connectivity index (χ0v) is 11.7. The molecule has 0 aromatic carbocycles. The first-order valence-electron chi connectivity index (χ1n) is 6.39. The Hall–Kier alpha value is -1.47. The van der Waals surface area contributed by atoms with Crippen LogP contribution in [-0.2, 0) is 0 Å². The lowest BCUT2D eigenvalue weighted by Crippen LogP contribution is -2.45. The lowest BCUT2D eigenvalue weighted by atomic mass is 9.99. The van der Waals surface area contributed by atoms with Gasteiger partial charge in [0.05, 0.1) is 6.07 Å². The number of piperidine rings is 1. The quantitative estimate of drug-likeness (QED) is 0.458. The first-order valence-corrected chi connectivity index (χ1v) is 6.39. The molecule has 0 radical (unpaired) electrons. The Morgan fingerprint density at radius 3 is 2.72 bits per heavy atom. The van der Waals surface area contributed by atoms with Gasteiger partial charge in [-0.3, -0.25) is 0 Å². The maximum absolute atomic E-state index is 9.86. The van der Waals surface area contributed by atoms with E-state index in [0.29, 0.717) is 17.7 Å². The van der Waals surface area contributed by atoms with Gasteiger partial charge in [-0.1, -0.05) is 0 Å². The van der Waals surface area contributed by atoms with Crippen molar-refractivity contribution in [2.45, 2.75) is 45.7 Å². The Balaban J connectivity index is 2.58. The molecule has 0 saturated carbocycles. The molecule has 2 atom stereocenters. The molecule has 1 saturated heterocycles. The minimum Gasteiger partial charge on any atom is -0.495 e. The van der Waals surface area contributed by atoms with Gasteiger partial charge in [0.1, 0.15) is 0 Å². The third-order valence-electron chi connectivity index (χ3n) is 3.67. The molecule has 2 unspecified atom stereocenters. The van der Waals surface area contributed by atoms with E-state index in [1.165, 1.54) is 0 Å². The van der Waals surface area contributed by atoms with E-state index in [0.717, 1.165) is 25.0 Å². The molecule has 0 aromatic rings. The number of hydrogen-bond acceptors (Lipinski definition) is 4. The number of aliphatic hydroxyl groups is 1. The molecule has 1 aliphatic heterocycles. The fourth-order valence-electron chi connectivity index (χ4n) is 2.07. The second-order valence-electron chi connectivity index (χ2n) is 5.14. The largest absolute Gasteiger partial charge is 0.495 e. The van der Waals surface area contributed by atoms with Crippen molar-refractivity contribution >= 4 is 0 Å². The number of allylic oxidation sites excluding steroid dienone is 3. The highest BCUT2D eigenvalue weighted by Gasteiger charge is 2.22. The lowest BCUT2D eigenvalue weighted by molar-refractivity contribution is 0.164. The summed E-state index contributed by atoms with van der Waals surface area (Å²) in [6.07, 6.45) is 3.68. The van der Waals surface area contributed by atoms with Crippen LogP contribution in [0.4, 0.5) is 0 Å². The molecule has 0 bridgehead atoms. The Bertz CT molecular complexity index is 392. The summed E-state index contributed by atoms with van der Waals surface area (Å²) >= 11 is 0. The number of nitriles is 1. The Kier molecular flexibility index (Phi) is 5.24. The van der Waals surface area contributed by atoms with Gasteiger partial charge >= 0.3 is 0 Å². The Morgan fingerprint density at radius 1 is 1.50 bits per heavy atom. The first-order chi connectivity index (χ1) is 8.43. The fraction of sp³-hybridized carbons (Fsp3) is 0.643. The predicted octanol–water partition coefficient (Wildman–Crippen LogP) is 2.32. The normalized spacial score (nSPS) is 27.4. The summed E-state index contributed by atoms with van der Waals surface area (Å²) in [6, 6.07) is 2.91. The van der Waals surface area contributed by atoms with E-state index >= 15 is 0 Å². The van der Waals surface area contributed by atoms with Gasteiger partial charge in [0.15, 0.2) is 5.88 Å². The maximum atomic E-state index is 9.86. The van der Waals surface area contributed by atoms with Crippen molar-refractivity contribution in [1.29, 1.82) is 5.26 Å². The van der Waals surface area contributed by atoms with E-state index in [9.17, 15) is 5.11 Å². The summed E-state index contributed by atoms with van der Waals surface area (Å²) in [7, 11) is 2.12.